The number of hydrogen-bond donors (Lipinski definition) is 1. The molecule has 0 bridgehead atoms. The Balaban J connectivity index is 2.14. The highest BCUT2D eigenvalue weighted by molar-refractivity contribution is 5.12. The second-order valence-electron chi connectivity index (χ2n) is 7.63. The maximum absolute atomic E-state index is 15.4. The molecule has 2 rings (SSSR count). The SMILES string of the molecule is CCC(C)(C)C1(F)CO[C@@H]2[C@H](NC(C)(C)C)CO[C@@H]21. The van der Waals surface area contributed by atoms with Gasteiger partial charge in [-0.05, 0) is 27.2 Å². The van der Waals surface area contributed by atoms with Gasteiger partial charge < -0.3 is 14.8 Å². The number of rotatable bonds is 3. The van der Waals surface area contributed by atoms with Gasteiger partial charge in [0.25, 0.3) is 0 Å². The smallest absolute Gasteiger partial charge is 0.167 e. The van der Waals surface area contributed by atoms with Crippen LogP contribution in [0.4, 0.5) is 4.39 Å². The Morgan fingerprint density at radius 1 is 1.21 bits per heavy atom. The van der Waals surface area contributed by atoms with E-state index in [9.17, 15) is 0 Å². The molecule has 4 atom stereocenters. The van der Waals surface area contributed by atoms with Crippen LogP contribution in [-0.2, 0) is 9.47 Å². The molecule has 3 nitrogen and oxygen atoms in total. The zero-order valence-electron chi connectivity index (χ0n) is 13.0. The molecule has 2 heterocycles. The molecule has 1 N–H and O–H groups in total. The summed E-state index contributed by atoms with van der Waals surface area (Å²) in [6.45, 7) is 12.9. The van der Waals surface area contributed by atoms with Crippen molar-refractivity contribution in [1.82, 2.24) is 5.32 Å². The van der Waals surface area contributed by atoms with Crippen molar-refractivity contribution >= 4 is 0 Å². The van der Waals surface area contributed by atoms with Crippen LogP contribution in [0.1, 0.15) is 48.0 Å². The molecule has 1 unspecified atom stereocenters. The fraction of sp³-hybridized carbons (Fsp3) is 1.00. The first-order chi connectivity index (χ1) is 8.61. The molecule has 2 saturated heterocycles. The van der Waals surface area contributed by atoms with Crippen LogP contribution in [0.15, 0.2) is 0 Å². The monoisotopic (exact) mass is 273 g/mol. The first-order valence-electron chi connectivity index (χ1n) is 7.30. The van der Waals surface area contributed by atoms with Gasteiger partial charge >= 0.3 is 0 Å². The summed E-state index contributed by atoms with van der Waals surface area (Å²) in [7, 11) is 0. The molecule has 2 fully saturated rings. The van der Waals surface area contributed by atoms with Crippen molar-refractivity contribution in [2.45, 2.75) is 77.4 Å². The predicted molar refractivity (Wildman–Crippen MR) is 74.1 cm³/mol. The van der Waals surface area contributed by atoms with Crippen molar-refractivity contribution in [3.63, 3.8) is 0 Å². The van der Waals surface area contributed by atoms with Crippen molar-refractivity contribution in [3.05, 3.63) is 0 Å². The molecule has 0 aliphatic carbocycles. The lowest BCUT2D eigenvalue weighted by atomic mass is 9.71. The molecule has 2 aliphatic heterocycles. The molecule has 2 aliphatic rings. The van der Waals surface area contributed by atoms with Crippen LogP contribution >= 0.6 is 0 Å². The summed E-state index contributed by atoms with van der Waals surface area (Å²) in [5.41, 5.74) is -1.84. The van der Waals surface area contributed by atoms with Gasteiger partial charge in [-0.25, -0.2) is 4.39 Å². The van der Waals surface area contributed by atoms with Gasteiger partial charge in [0.1, 0.15) is 12.2 Å². The number of halogens is 1. The third-order valence-electron chi connectivity index (χ3n) is 4.71. The fourth-order valence-corrected chi connectivity index (χ4v) is 3.06. The molecule has 0 radical (unpaired) electrons. The Morgan fingerprint density at radius 2 is 1.84 bits per heavy atom. The zero-order chi connectivity index (χ0) is 14.5. The van der Waals surface area contributed by atoms with E-state index >= 15 is 4.39 Å². The van der Waals surface area contributed by atoms with Crippen molar-refractivity contribution in [2.75, 3.05) is 13.2 Å². The van der Waals surface area contributed by atoms with Gasteiger partial charge in [0.15, 0.2) is 5.67 Å². The summed E-state index contributed by atoms with van der Waals surface area (Å²) in [4.78, 5) is 0. The maximum Gasteiger partial charge on any atom is 0.167 e. The van der Waals surface area contributed by atoms with Gasteiger partial charge in [-0.15, -0.1) is 0 Å². The van der Waals surface area contributed by atoms with E-state index in [0.29, 0.717) is 6.61 Å². The second kappa shape index (κ2) is 4.68. The molecular weight excluding hydrogens is 245 g/mol. The van der Waals surface area contributed by atoms with E-state index < -0.39 is 17.2 Å². The van der Waals surface area contributed by atoms with Gasteiger partial charge in [0.05, 0.1) is 19.3 Å². The van der Waals surface area contributed by atoms with Crippen LogP contribution in [0, 0.1) is 5.41 Å². The fourth-order valence-electron chi connectivity index (χ4n) is 3.06. The third kappa shape index (κ3) is 2.55. The number of ether oxygens (including phenoxy) is 2. The molecule has 0 aromatic heterocycles. The van der Waals surface area contributed by atoms with E-state index in [-0.39, 0.29) is 24.3 Å². The van der Waals surface area contributed by atoms with Crippen molar-refractivity contribution < 1.29 is 13.9 Å². The van der Waals surface area contributed by atoms with Crippen molar-refractivity contribution in [1.29, 1.82) is 0 Å². The number of nitrogens with one attached hydrogen (secondary N) is 1. The summed E-state index contributed by atoms with van der Waals surface area (Å²) < 4.78 is 26.9. The predicted octanol–water partition coefficient (Wildman–Crippen LogP) is 2.69. The average molecular weight is 273 g/mol. The molecule has 0 aromatic carbocycles. The Bertz CT molecular complexity index is 340. The highest BCUT2D eigenvalue weighted by Crippen LogP contribution is 2.49. The molecule has 0 saturated carbocycles. The molecule has 0 spiro atoms. The summed E-state index contributed by atoms with van der Waals surface area (Å²) in [6.07, 6.45) is 0.161. The Hall–Kier alpha value is -0.190. The quantitative estimate of drug-likeness (QED) is 0.857. The number of hydrogen-bond acceptors (Lipinski definition) is 3. The summed E-state index contributed by atoms with van der Waals surface area (Å²) >= 11 is 0. The van der Waals surface area contributed by atoms with Gasteiger partial charge in [-0.2, -0.15) is 0 Å². The third-order valence-corrected chi connectivity index (χ3v) is 4.71. The minimum absolute atomic E-state index is 0.0197. The first kappa shape index (κ1) is 15.2. The Morgan fingerprint density at radius 3 is 2.37 bits per heavy atom. The van der Waals surface area contributed by atoms with E-state index in [1.165, 1.54) is 0 Å². The van der Waals surface area contributed by atoms with Crippen molar-refractivity contribution in [2.24, 2.45) is 5.41 Å². The van der Waals surface area contributed by atoms with E-state index in [2.05, 4.69) is 26.1 Å². The Labute approximate surface area is 116 Å². The lowest BCUT2D eigenvalue weighted by Gasteiger charge is -2.39. The van der Waals surface area contributed by atoms with E-state index in [1.54, 1.807) is 0 Å². The molecule has 0 amide bonds. The van der Waals surface area contributed by atoms with E-state index in [0.717, 1.165) is 6.42 Å². The lowest BCUT2D eigenvalue weighted by Crippen LogP contribution is -2.53. The summed E-state index contributed by atoms with van der Waals surface area (Å²) in [5.74, 6) is 0. The minimum Gasteiger partial charge on any atom is -0.370 e. The van der Waals surface area contributed by atoms with Crippen LogP contribution < -0.4 is 5.32 Å². The number of fused-ring (bicyclic) bond motifs is 1. The molecule has 4 heteroatoms. The van der Waals surface area contributed by atoms with Crippen LogP contribution in [0.25, 0.3) is 0 Å². The average Bonchev–Trinajstić information content (AvgIpc) is 2.81. The molecule has 19 heavy (non-hydrogen) atoms. The summed E-state index contributed by atoms with van der Waals surface area (Å²) in [6, 6.07) is 0.0790. The van der Waals surface area contributed by atoms with Crippen LogP contribution in [0.3, 0.4) is 0 Å². The van der Waals surface area contributed by atoms with E-state index in [1.807, 2.05) is 20.8 Å². The van der Waals surface area contributed by atoms with Crippen LogP contribution in [0.2, 0.25) is 0 Å². The topological polar surface area (TPSA) is 30.5 Å². The Kier molecular flexibility index (Phi) is 3.74. The largest absolute Gasteiger partial charge is 0.370 e. The highest BCUT2D eigenvalue weighted by Gasteiger charge is 2.63. The standard InChI is InChI=1S/C15H28FNO2/c1-7-14(5,6)15(16)9-19-11-10(8-18-12(11)15)17-13(2,3)4/h10-12,17H,7-9H2,1-6H3/t10-,11-,12+,15?/m1/s1. The molecule has 0 aromatic rings. The van der Waals surface area contributed by atoms with Gasteiger partial charge in [0, 0.05) is 11.0 Å². The first-order valence-corrected chi connectivity index (χ1v) is 7.30. The van der Waals surface area contributed by atoms with Crippen LogP contribution in [-0.4, -0.2) is 42.7 Å². The molecular formula is C15H28FNO2. The lowest BCUT2D eigenvalue weighted by molar-refractivity contribution is -0.0802. The zero-order valence-corrected chi connectivity index (χ0v) is 13.0. The van der Waals surface area contributed by atoms with Gasteiger partial charge in [-0.3, -0.25) is 0 Å². The van der Waals surface area contributed by atoms with Crippen LogP contribution in [0.5, 0.6) is 0 Å². The highest BCUT2D eigenvalue weighted by atomic mass is 19.1. The normalized spacial score (nSPS) is 39.6. The van der Waals surface area contributed by atoms with Gasteiger partial charge in [0.2, 0.25) is 0 Å². The second-order valence-corrected chi connectivity index (χ2v) is 7.63. The van der Waals surface area contributed by atoms with Crippen molar-refractivity contribution in [3.8, 4) is 0 Å². The van der Waals surface area contributed by atoms with E-state index in [4.69, 9.17) is 9.47 Å². The van der Waals surface area contributed by atoms with Gasteiger partial charge in [-0.1, -0.05) is 20.8 Å². The minimum atomic E-state index is -1.39. The maximum atomic E-state index is 15.4. The molecule has 112 valence electrons. The number of alkyl halides is 1. The summed E-state index contributed by atoms with van der Waals surface area (Å²) in [5, 5.41) is 3.48.